The van der Waals surface area contributed by atoms with Gasteiger partial charge in [-0.15, -0.1) is 0 Å². The molecule has 0 amide bonds. The molecule has 0 saturated carbocycles. The number of fused-ring (bicyclic) bond motifs is 2. The lowest BCUT2D eigenvalue weighted by Crippen LogP contribution is -1.90. The molecule has 1 aliphatic carbocycles. The molecule has 0 nitrogen and oxygen atoms in total. The molecule has 5 rings (SSSR count). The third-order valence-corrected chi connectivity index (χ3v) is 5.13. The third kappa shape index (κ3) is 2.30. The van der Waals surface area contributed by atoms with E-state index in [-0.39, 0.29) is 0 Å². The van der Waals surface area contributed by atoms with Gasteiger partial charge in [-0.3, -0.25) is 0 Å². The molecule has 1 aliphatic rings. The average molecular weight is 318 g/mol. The Morgan fingerprint density at radius 3 is 2.12 bits per heavy atom. The second kappa shape index (κ2) is 5.75. The Bertz CT molecular complexity index is 1100. The zero-order valence-electron chi connectivity index (χ0n) is 13.9. The van der Waals surface area contributed by atoms with Crippen LogP contribution in [0.25, 0.3) is 21.9 Å². The third-order valence-electron chi connectivity index (χ3n) is 5.13. The van der Waals surface area contributed by atoms with Crippen molar-refractivity contribution in [3.8, 4) is 0 Å². The van der Waals surface area contributed by atoms with Crippen LogP contribution >= 0.6 is 0 Å². The molecule has 0 spiro atoms. The van der Waals surface area contributed by atoms with Crippen molar-refractivity contribution in [1.29, 1.82) is 0 Å². The first kappa shape index (κ1) is 14.2. The van der Waals surface area contributed by atoms with Gasteiger partial charge in [0.05, 0.1) is 0 Å². The molecule has 0 radical (unpaired) electrons. The maximum absolute atomic E-state index is 2.27. The van der Waals surface area contributed by atoms with Crippen LogP contribution in [0.1, 0.15) is 22.3 Å². The highest BCUT2D eigenvalue weighted by molar-refractivity contribution is 6.08. The van der Waals surface area contributed by atoms with Gasteiger partial charge in [-0.25, -0.2) is 0 Å². The number of benzene rings is 4. The summed E-state index contributed by atoms with van der Waals surface area (Å²) in [5.41, 5.74) is 8.27. The van der Waals surface area contributed by atoms with Gasteiger partial charge in [0.25, 0.3) is 0 Å². The van der Waals surface area contributed by atoms with Gasteiger partial charge in [-0.1, -0.05) is 97.1 Å². The highest BCUT2D eigenvalue weighted by Gasteiger charge is 2.24. The maximum Gasteiger partial charge on any atom is -0.000706 e. The van der Waals surface area contributed by atoms with Crippen molar-refractivity contribution < 1.29 is 0 Å². The van der Waals surface area contributed by atoms with E-state index in [4.69, 9.17) is 0 Å². The molecule has 0 aliphatic heterocycles. The Morgan fingerprint density at radius 2 is 1.20 bits per heavy atom. The first-order valence-corrected chi connectivity index (χ1v) is 8.77. The van der Waals surface area contributed by atoms with Crippen LogP contribution in [0.4, 0.5) is 0 Å². The van der Waals surface area contributed by atoms with Gasteiger partial charge in [0.1, 0.15) is 0 Å². The fourth-order valence-electron chi connectivity index (χ4n) is 4.01. The Labute approximate surface area is 148 Å². The molecular weight excluding hydrogens is 300 g/mol. The molecule has 0 saturated heterocycles. The topological polar surface area (TPSA) is 0 Å². The van der Waals surface area contributed by atoms with Gasteiger partial charge >= 0.3 is 0 Å². The summed E-state index contributed by atoms with van der Waals surface area (Å²) in [6, 6.07) is 34.9. The monoisotopic (exact) mass is 318 g/mol. The van der Waals surface area contributed by atoms with Crippen LogP contribution in [0.3, 0.4) is 0 Å². The summed E-state index contributed by atoms with van der Waals surface area (Å²) in [6.45, 7) is 0. The van der Waals surface area contributed by atoms with Gasteiger partial charge < -0.3 is 0 Å². The van der Waals surface area contributed by atoms with E-state index in [0.29, 0.717) is 0 Å². The molecule has 0 aromatic heterocycles. The van der Waals surface area contributed by atoms with Crippen LogP contribution in [-0.2, 0) is 6.42 Å². The van der Waals surface area contributed by atoms with Crippen molar-refractivity contribution in [2.24, 2.45) is 0 Å². The number of allylic oxidation sites excluding steroid dienone is 1. The van der Waals surface area contributed by atoms with Crippen LogP contribution in [-0.4, -0.2) is 0 Å². The van der Waals surface area contributed by atoms with Crippen molar-refractivity contribution in [1.82, 2.24) is 0 Å². The van der Waals surface area contributed by atoms with Crippen LogP contribution in [0.15, 0.2) is 97.1 Å². The van der Waals surface area contributed by atoms with Gasteiger partial charge in [-0.2, -0.15) is 0 Å². The highest BCUT2D eigenvalue weighted by Crippen LogP contribution is 2.43. The van der Waals surface area contributed by atoms with Crippen LogP contribution in [0.5, 0.6) is 0 Å². The average Bonchev–Trinajstić information content (AvgIpc) is 3.07. The Morgan fingerprint density at radius 1 is 0.520 bits per heavy atom. The van der Waals surface area contributed by atoms with E-state index in [1.807, 2.05) is 0 Å². The fraction of sp³-hybridized carbons (Fsp3) is 0.0400. The first-order valence-electron chi connectivity index (χ1n) is 8.77. The van der Waals surface area contributed by atoms with Gasteiger partial charge in [-0.05, 0) is 50.6 Å². The molecule has 0 heterocycles. The van der Waals surface area contributed by atoms with Crippen molar-refractivity contribution in [3.05, 3.63) is 119 Å². The normalized spacial score (nSPS) is 13.3. The second-order valence-corrected chi connectivity index (χ2v) is 6.58. The largest absolute Gasteiger partial charge is 0.0622 e. The summed E-state index contributed by atoms with van der Waals surface area (Å²) in [5, 5.41) is 2.64. The van der Waals surface area contributed by atoms with Crippen LogP contribution < -0.4 is 0 Å². The van der Waals surface area contributed by atoms with E-state index in [1.54, 1.807) is 0 Å². The van der Waals surface area contributed by atoms with Gasteiger partial charge in [0.2, 0.25) is 0 Å². The van der Waals surface area contributed by atoms with E-state index in [9.17, 15) is 0 Å². The lowest BCUT2D eigenvalue weighted by atomic mass is 9.92. The summed E-state index contributed by atoms with van der Waals surface area (Å²) in [6.07, 6.45) is 0.994. The second-order valence-electron chi connectivity index (χ2n) is 6.58. The van der Waals surface area contributed by atoms with Crippen molar-refractivity contribution >= 4 is 21.9 Å². The SMILES string of the molecule is c1ccc(C2=C(c3cccc4ccccc34)Cc3ccccc32)cc1. The first-order chi connectivity index (χ1) is 12.4. The van der Waals surface area contributed by atoms with E-state index in [1.165, 1.54) is 44.2 Å². The minimum atomic E-state index is 0.994. The predicted molar refractivity (Wildman–Crippen MR) is 106 cm³/mol. The lowest BCUT2D eigenvalue weighted by Gasteiger charge is -2.12. The molecular formula is C25H18. The summed E-state index contributed by atoms with van der Waals surface area (Å²) < 4.78 is 0. The zero-order valence-corrected chi connectivity index (χ0v) is 13.9. The van der Waals surface area contributed by atoms with Gasteiger partial charge in [0.15, 0.2) is 0 Å². The predicted octanol–water partition coefficient (Wildman–Crippen LogP) is 6.36. The minimum absolute atomic E-state index is 0.994. The Hall–Kier alpha value is -3.12. The molecule has 25 heavy (non-hydrogen) atoms. The highest BCUT2D eigenvalue weighted by atomic mass is 14.3. The van der Waals surface area contributed by atoms with Crippen molar-refractivity contribution in [2.45, 2.75) is 6.42 Å². The van der Waals surface area contributed by atoms with Crippen LogP contribution in [0, 0.1) is 0 Å². The molecule has 0 N–H and O–H groups in total. The molecule has 4 aromatic rings. The smallest absolute Gasteiger partial charge is 0.000706 e. The molecule has 0 fully saturated rings. The summed E-state index contributed by atoms with van der Waals surface area (Å²) in [5.74, 6) is 0. The molecule has 118 valence electrons. The van der Waals surface area contributed by atoms with Crippen molar-refractivity contribution in [2.75, 3.05) is 0 Å². The summed E-state index contributed by atoms with van der Waals surface area (Å²) in [7, 11) is 0. The van der Waals surface area contributed by atoms with Crippen LogP contribution in [0.2, 0.25) is 0 Å². The van der Waals surface area contributed by atoms with E-state index in [0.717, 1.165) is 6.42 Å². The van der Waals surface area contributed by atoms with E-state index >= 15 is 0 Å². The maximum atomic E-state index is 2.27. The molecule has 0 bridgehead atoms. The molecule has 4 aromatic carbocycles. The molecule has 0 atom stereocenters. The molecule has 0 unspecified atom stereocenters. The lowest BCUT2D eigenvalue weighted by molar-refractivity contribution is 1.32. The standard InChI is InChI=1S/C25H18/c1-2-10-19(11-3-1)25-22-15-7-5-12-20(22)17-24(25)23-16-8-13-18-9-4-6-14-21(18)23/h1-16H,17H2. The fourth-order valence-corrected chi connectivity index (χ4v) is 4.01. The van der Waals surface area contributed by atoms with Crippen molar-refractivity contribution in [3.63, 3.8) is 0 Å². The Kier molecular flexibility index (Phi) is 3.28. The van der Waals surface area contributed by atoms with Gasteiger partial charge in [0, 0.05) is 0 Å². The van der Waals surface area contributed by atoms with E-state index in [2.05, 4.69) is 97.1 Å². The van der Waals surface area contributed by atoms with E-state index < -0.39 is 0 Å². The molecule has 0 heteroatoms. The number of rotatable bonds is 2. The zero-order chi connectivity index (χ0) is 16.6. The Balaban J connectivity index is 1.83. The summed E-state index contributed by atoms with van der Waals surface area (Å²) >= 11 is 0. The number of hydrogen-bond acceptors (Lipinski definition) is 0. The minimum Gasteiger partial charge on any atom is -0.0622 e. The quantitative estimate of drug-likeness (QED) is 0.403. The summed E-state index contributed by atoms with van der Waals surface area (Å²) in [4.78, 5) is 0. The number of hydrogen-bond donors (Lipinski definition) is 0.